The smallest absolute Gasteiger partial charge is 0.242 e. The number of hydrogen-bond donors (Lipinski definition) is 1. The summed E-state index contributed by atoms with van der Waals surface area (Å²) in [4.78, 5) is 27.3. The van der Waals surface area contributed by atoms with Crippen LogP contribution in [0.5, 0.6) is 0 Å². The maximum absolute atomic E-state index is 13.1. The summed E-state index contributed by atoms with van der Waals surface area (Å²) < 4.78 is 5.00. The van der Waals surface area contributed by atoms with Gasteiger partial charge in [-0.25, -0.2) is 0 Å². The number of methoxy groups -OCH3 is 1. The van der Waals surface area contributed by atoms with Crippen LogP contribution in [0.2, 0.25) is 10.0 Å². The number of benzene rings is 2. The molecule has 0 bridgehead atoms. The van der Waals surface area contributed by atoms with Gasteiger partial charge in [0.05, 0.1) is 6.42 Å². The summed E-state index contributed by atoms with van der Waals surface area (Å²) in [6, 6.07) is 13.8. The monoisotopic (exact) mass is 436 g/mol. The maximum Gasteiger partial charge on any atom is 0.242 e. The zero-order valence-electron chi connectivity index (χ0n) is 16.7. The van der Waals surface area contributed by atoms with Crippen molar-refractivity contribution in [3.05, 3.63) is 69.7 Å². The van der Waals surface area contributed by atoms with Crippen molar-refractivity contribution in [3.63, 3.8) is 0 Å². The van der Waals surface area contributed by atoms with Gasteiger partial charge in [-0.05, 0) is 48.7 Å². The number of carbonyl (C=O) groups excluding carboxylic acids is 2. The van der Waals surface area contributed by atoms with E-state index in [1.165, 1.54) is 0 Å². The molecule has 0 radical (unpaired) electrons. The minimum Gasteiger partial charge on any atom is -0.385 e. The molecule has 2 amide bonds. The Morgan fingerprint density at radius 3 is 2.10 bits per heavy atom. The van der Waals surface area contributed by atoms with E-state index in [4.69, 9.17) is 27.9 Å². The van der Waals surface area contributed by atoms with Crippen molar-refractivity contribution in [2.24, 2.45) is 0 Å². The van der Waals surface area contributed by atoms with E-state index < -0.39 is 6.04 Å². The van der Waals surface area contributed by atoms with Crippen molar-refractivity contribution >= 4 is 35.0 Å². The molecule has 0 saturated heterocycles. The second-order valence-electron chi connectivity index (χ2n) is 6.76. The van der Waals surface area contributed by atoms with Gasteiger partial charge >= 0.3 is 0 Å². The number of hydrogen-bond acceptors (Lipinski definition) is 3. The Hall–Kier alpha value is -2.08. The molecule has 2 aromatic rings. The third kappa shape index (κ3) is 7.69. The van der Waals surface area contributed by atoms with Crippen LogP contribution in [0.3, 0.4) is 0 Å². The summed E-state index contributed by atoms with van der Waals surface area (Å²) in [5.74, 6) is -0.332. The molecule has 0 saturated carbocycles. The van der Waals surface area contributed by atoms with Crippen molar-refractivity contribution in [2.75, 3.05) is 20.3 Å². The highest BCUT2D eigenvalue weighted by atomic mass is 35.5. The number of carbonyl (C=O) groups is 2. The van der Waals surface area contributed by atoms with Crippen LogP contribution in [0.15, 0.2) is 48.5 Å². The largest absolute Gasteiger partial charge is 0.385 e. The van der Waals surface area contributed by atoms with Crippen molar-refractivity contribution in [1.29, 1.82) is 0 Å². The molecule has 1 atom stereocenters. The van der Waals surface area contributed by atoms with Crippen molar-refractivity contribution in [2.45, 2.75) is 32.4 Å². The SMILES string of the molecule is COCCCNC(=O)C(C)N(Cc1ccc(Cl)cc1)C(=O)Cc1ccc(Cl)cc1. The first-order valence-corrected chi connectivity index (χ1v) is 10.2. The predicted molar refractivity (Wildman–Crippen MR) is 116 cm³/mol. The molecular weight excluding hydrogens is 411 g/mol. The molecule has 1 unspecified atom stereocenters. The Balaban J connectivity index is 2.12. The molecule has 2 rings (SSSR count). The Morgan fingerprint density at radius 2 is 1.55 bits per heavy atom. The summed E-state index contributed by atoms with van der Waals surface area (Å²) in [7, 11) is 1.62. The first-order valence-electron chi connectivity index (χ1n) is 9.45. The maximum atomic E-state index is 13.1. The van der Waals surface area contributed by atoms with E-state index in [1.807, 2.05) is 24.3 Å². The van der Waals surface area contributed by atoms with Crippen LogP contribution in [0, 0.1) is 0 Å². The lowest BCUT2D eigenvalue weighted by Gasteiger charge is -2.29. The van der Waals surface area contributed by atoms with Crippen molar-refractivity contribution < 1.29 is 14.3 Å². The molecule has 156 valence electrons. The van der Waals surface area contributed by atoms with E-state index in [0.29, 0.717) is 36.2 Å². The van der Waals surface area contributed by atoms with Gasteiger partial charge in [-0.2, -0.15) is 0 Å². The number of ether oxygens (including phenoxy) is 1. The first kappa shape index (κ1) is 23.2. The van der Waals surface area contributed by atoms with Crippen LogP contribution in [0.25, 0.3) is 0 Å². The van der Waals surface area contributed by atoms with E-state index in [9.17, 15) is 9.59 Å². The molecule has 0 aromatic heterocycles. The summed E-state index contributed by atoms with van der Waals surface area (Å²) in [5, 5.41) is 4.10. The van der Waals surface area contributed by atoms with Gasteiger partial charge in [-0.1, -0.05) is 47.5 Å². The molecule has 5 nitrogen and oxygen atoms in total. The summed E-state index contributed by atoms with van der Waals surface area (Å²) in [6.07, 6.45) is 0.900. The lowest BCUT2D eigenvalue weighted by atomic mass is 10.1. The van der Waals surface area contributed by atoms with Gasteiger partial charge in [0.15, 0.2) is 0 Å². The normalized spacial score (nSPS) is 11.7. The Bertz CT molecular complexity index is 795. The van der Waals surface area contributed by atoms with Gasteiger partial charge in [0, 0.05) is 36.9 Å². The molecule has 1 N–H and O–H groups in total. The zero-order chi connectivity index (χ0) is 21.2. The van der Waals surface area contributed by atoms with Crippen molar-refractivity contribution in [3.8, 4) is 0 Å². The van der Waals surface area contributed by atoms with Crippen LogP contribution in [-0.2, 0) is 27.3 Å². The number of rotatable bonds is 10. The minimum atomic E-state index is -0.618. The summed E-state index contributed by atoms with van der Waals surface area (Å²) in [5.41, 5.74) is 1.74. The summed E-state index contributed by atoms with van der Waals surface area (Å²) >= 11 is 11.9. The average Bonchev–Trinajstić information content (AvgIpc) is 2.71. The lowest BCUT2D eigenvalue weighted by Crippen LogP contribution is -2.48. The second kappa shape index (κ2) is 11.8. The number of nitrogens with zero attached hydrogens (tertiary/aromatic N) is 1. The third-order valence-corrected chi connectivity index (χ3v) is 5.03. The van der Waals surface area contributed by atoms with Gasteiger partial charge in [-0.3, -0.25) is 9.59 Å². The fourth-order valence-electron chi connectivity index (χ4n) is 2.82. The number of nitrogens with one attached hydrogen (secondary N) is 1. The van der Waals surface area contributed by atoms with Crippen LogP contribution in [0.4, 0.5) is 0 Å². The van der Waals surface area contributed by atoms with Crippen LogP contribution >= 0.6 is 23.2 Å². The fraction of sp³-hybridized carbons (Fsp3) is 0.364. The number of amides is 2. The first-order chi connectivity index (χ1) is 13.9. The highest BCUT2D eigenvalue weighted by Crippen LogP contribution is 2.16. The van der Waals surface area contributed by atoms with Gasteiger partial charge in [0.25, 0.3) is 0 Å². The molecular formula is C22H26Cl2N2O3. The standard InChI is InChI=1S/C22H26Cl2N2O3/c1-16(22(28)25-12-3-13-29-2)26(15-18-6-10-20(24)11-7-18)21(27)14-17-4-8-19(23)9-5-17/h4-11,16H,3,12-15H2,1-2H3,(H,25,28). The molecule has 0 aliphatic rings. The molecule has 0 spiro atoms. The highest BCUT2D eigenvalue weighted by Gasteiger charge is 2.26. The molecule has 7 heteroatoms. The lowest BCUT2D eigenvalue weighted by molar-refractivity contribution is -0.140. The van der Waals surface area contributed by atoms with E-state index in [-0.39, 0.29) is 18.2 Å². The Morgan fingerprint density at radius 1 is 1.00 bits per heavy atom. The second-order valence-corrected chi connectivity index (χ2v) is 7.64. The third-order valence-electron chi connectivity index (χ3n) is 4.53. The van der Waals surface area contributed by atoms with Gasteiger partial charge in [-0.15, -0.1) is 0 Å². The van der Waals surface area contributed by atoms with Crippen molar-refractivity contribution in [1.82, 2.24) is 10.2 Å². The van der Waals surface area contributed by atoms with E-state index >= 15 is 0 Å². The predicted octanol–water partition coefficient (Wildman–Crippen LogP) is 4.11. The van der Waals surface area contributed by atoms with E-state index in [2.05, 4.69) is 5.32 Å². The van der Waals surface area contributed by atoms with Gasteiger partial charge in [0.2, 0.25) is 11.8 Å². The highest BCUT2D eigenvalue weighted by molar-refractivity contribution is 6.30. The van der Waals surface area contributed by atoms with Gasteiger partial charge in [0.1, 0.15) is 6.04 Å². The Labute approximate surface area is 181 Å². The van der Waals surface area contributed by atoms with Crippen LogP contribution in [-0.4, -0.2) is 43.0 Å². The average molecular weight is 437 g/mol. The molecule has 2 aromatic carbocycles. The molecule has 0 fully saturated rings. The minimum absolute atomic E-state index is 0.137. The Kier molecular flexibility index (Phi) is 9.45. The van der Waals surface area contributed by atoms with E-state index in [0.717, 1.165) is 11.1 Å². The van der Waals surface area contributed by atoms with Crippen LogP contribution in [0.1, 0.15) is 24.5 Å². The molecule has 29 heavy (non-hydrogen) atoms. The topological polar surface area (TPSA) is 58.6 Å². The zero-order valence-corrected chi connectivity index (χ0v) is 18.2. The fourth-order valence-corrected chi connectivity index (χ4v) is 3.08. The molecule has 0 aliphatic heterocycles. The number of halogens is 2. The molecule has 0 aliphatic carbocycles. The van der Waals surface area contributed by atoms with E-state index in [1.54, 1.807) is 43.2 Å². The summed E-state index contributed by atoms with van der Waals surface area (Å²) in [6.45, 7) is 3.12. The molecule has 0 heterocycles. The quantitative estimate of drug-likeness (QED) is 0.570. The van der Waals surface area contributed by atoms with Crippen LogP contribution < -0.4 is 5.32 Å². The van der Waals surface area contributed by atoms with Gasteiger partial charge < -0.3 is 15.0 Å².